The van der Waals surface area contributed by atoms with Crippen molar-refractivity contribution in [1.82, 2.24) is 14.4 Å². The lowest BCUT2D eigenvalue weighted by molar-refractivity contribution is -0.141. The molecule has 0 saturated carbocycles. The van der Waals surface area contributed by atoms with Crippen molar-refractivity contribution in [2.45, 2.75) is 19.4 Å². The Morgan fingerprint density at radius 2 is 1.73 bits per heavy atom. The van der Waals surface area contributed by atoms with Gasteiger partial charge < -0.3 is 19.0 Å². The maximum absolute atomic E-state index is 12.4. The highest BCUT2D eigenvalue weighted by molar-refractivity contribution is 5.79. The molecule has 1 fully saturated rings. The zero-order valence-corrected chi connectivity index (χ0v) is 14.8. The fourth-order valence-corrected chi connectivity index (χ4v) is 3.19. The van der Waals surface area contributed by atoms with Crippen LogP contribution in [0.15, 0.2) is 33.5 Å². The second-order valence-electron chi connectivity index (χ2n) is 6.29. The normalized spacial score (nSPS) is 14.8. The molecule has 0 bridgehead atoms. The summed E-state index contributed by atoms with van der Waals surface area (Å²) in [5.41, 5.74) is 1.30. The van der Waals surface area contributed by atoms with Gasteiger partial charge in [-0.3, -0.25) is 14.2 Å². The van der Waals surface area contributed by atoms with Crippen LogP contribution in [-0.2, 0) is 20.9 Å². The summed E-state index contributed by atoms with van der Waals surface area (Å²) in [4.78, 5) is 39.5. The molecular weight excluding hydrogens is 338 g/mol. The summed E-state index contributed by atoms with van der Waals surface area (Å²) in [6.45, 7) is 2.63. The molecule has 1 aromatic carbocycles. The third kappa shape index (κ3) is 3.96. The van der Waals surface area contributed by atoms with Gasteiger partial charge in [-0.2, -0.15) is 0 Å². The molecule has 3 rings (SSSR count). The molecule has 0 spiro atoms. The standard InChI is InChI=1S/C18H23N3O5/c1-25-13-17(23)20-11-9-19(10-12-20)16(22)7-4-8-21-14-5-2-3-6-15(14)26-18(21)24/h2-3,5-6H,4,7-13H2,1H3. The lowest BCUT2D eigenvalue weighted by Crippen LogP contribution is -2.51. The van der Waals surface area contributed by atoms with Crippen LogP contribution in [0.5, 0.6) is 0 Å². The molecule has 0 aliphatic carbocycles. The van der Waals surface area contributed by atoms with E-state index in [0.29, 0.717) is 51.1 Å². The first kappa shape index (κ1) is 18.2. The number of nitrogens with zero attached hydrogens (tertiary/aromatic N) is 3. The lowest BCUT2D eigenvalue weighted by Gasteiger charge is -2.34. The van der Waals surface area contributed by atoms with Crippen molar-refractivity contribution in [1.29, 1.82) is 0 Å². The second kappa shape index (κ2) is 8.18. The first-order chi connectivity index (χ1) is 12.6. The third-order valence-electron chi connectivity index (χ3n) is 4.60. The van der Waals surface area contributed by atoms with E-state index in [1.165, 1.54) is 7.11 Å². The molecule has 1 aliphatic rings. The Bertz CT molecular complexity index is 833. The Morgan fingerprint density at radius 3 is 2.42 bits per heavy atom. The number of fused-ring (bicyclic) bond motifs is 1. The highest BCUT2D eigenvalue weighted by Crippen LogP contribution is 2.13. The Labute approximate surface area is 150 Å². The number of amides is 2. The summed E-state index contributed by atoms with van der Waals surface area (Å²) in [6.07, 6.45) is 0.920. The summed E-state index contributed by atoms with van der Waals surface area (Å²) in [5, 5.41) is 0. The van der Waals surface area contributed by atoms with E-state index in [0.717, 1.165) is 5.52 Å². The number of benzene rings is 1. The van der Waals surface area contributed by atoms with Gasteiger partial charge in [0.15, 0.2) is 5.58 Å². The first-order valence-corrected chi connectivity index (χ1v) is 8.73. The molecule has 0 N–H and O–H groups in total. The van der Waals surface area contributed by atoms with E-state index in [1.54, 1.807) is 20.4 Å². The number of carbonyl (C=O) groups excluding carboxylic acids is 2. The van der Waals surface area contributed by atoms with Gasteiger partial charge in [-0.1, -0.05) is 12.1 Å². The van der Waals surface area contributed by atoms with E-state index < -0.39 is 5.76 Å². The Kier molecular flexibility index (Phi) is 5.72. The van der Waals surface area contributed by atoms with Crippen molar-refractivity contribution in [3.63, 3.8) is 0 Å². The molecule has 2 heterocycles. The molecule has 1 saturated heterocycles. The Hall–Kier alpha value is -2.61. The number of carbonyl (C=O) groups is 2. The molecule has 0 atom stereocenters. The summed E-state index contributed by atoms with van der Waals surface area (Å²) >= 11 is 0. The number of hydrogen-bond acceptors (Lipinski definition) is 5. The number of ether oxygens (including phenoxy) is 1. The predicted molar refractivity (Wildman–Crippen MR) is 94.7 cm³/mol. The van der Waals surface area contributed by atoms with Crippen molar-refractivity contribution in [2.75, 3.05) is 39.9 Å². The van der Waals surface area contributed by atoms with Crippen LogP contribution in [-0.4, -0.2) is 66.1 Å². The zero-order chi connectivity index (χ0) is 18.5. The Balaban J connectivity index is 1.48. The third-order valence-corrected chi connectivity index (χ3v) is 4.60. The average Bonchev–Trinajstić information content (AvgIpc) is 2.97. The van der Waals surface area contributed by atoms with Gasteiger partial charge in [0.25, 0.3) is 0 Å². The molecule has 8 heteroatoms. The van der Waals surface area contributed by atoms with Crippen LogP contribution in [0.25, 0.3) is 11.1 Å². The molecule has 1 aromatic heterocycles. The number of para-hydroxylation sites is 2. The largest absolute Gasteiger partial charge is 0.419 e. The Morgan fingerprint density at radius 1 is 1.08 bits per heavy atom. The smallest absolute Gasteiger partial charge is 0.408 e. The molecule has 0 radical (unpaired) electrons. The predicted octanol–water partition coefficient (Wildman–Crippen LogP) is 0.692. The monoisotopic (exact) mass is 361 g/mol. The molecule has 8 nitrogen and oxygen atoms in total. The molecule has 0 unspecified atom stereocenters. The second-order valence-corrected chi connectivity index (χ2v) is 6.29. The molecule has 1 aliphatic heterocycles. The highest BCUT2D eigenvalue weighted by Gasteiger charge is 2.23. The van der Waals surface area contributed by atoms with E-state index >= 15 is 0 Å². The summed E-state index contributed by atoms with van der Waals surface area (Å²) in [5.74, 6) is -0.403. The van der Waals surface area contributed by atoms with Crippen LogP contribution >= 0.6 is 0 Å². The van der Waals surface area contributed by atoms with Crippen LogP contribution in [0.3, 0.4) is 0 Å². The average molecular weight is 361 g/mol. The van der Waals surface area contributed by atoms with Gasteiger partial charge in [0.2, 0.25) is 11.8 Å². The molecule has 2 amide bonds. The topological polar surface area (TPSA) is 85.0 Å². The molecule has 2 aromatic rings. The number of rotatable bonds is 6. The van der Waals surface area contributed by atoms with E-state index in [9.17, 15) is 14.4 Å². The zero-order valence-electron chi connectivity index (χ0n) is 14.8. The van der Waals surface area contributed by atoms with Gasteiger partial charge in [0.1, 0.15) is 6.61 Å². The molecular formula is C18H23N3O5. The van der Waals surface area contributed by atoms with Gasteiger partial charge in [0, 0.05) is 46.3 Å². The van der Waals surface area contributed by atoms with Gasteiger partial charge in [-0.15, -0.1) is 0 Å². The van der Waals surface area contributed by atoms with E-state index in [1.807, 2.05) is 18.2 Å². The number of oxazole rings is 1. The number of methoxy groups -OCH3 is 1. The van der Waals surface area contributed by atoms with Gasteiger partial charge in [-0.05, 0) is 18.6 Å². The highest BCUT2D eigenvalue weighted by atomic mass is 16.5. The minimum Gasteiger partial charge on any atom is -0.408 e. The fraction of sp³-hybridized carbons (Fsp3) is 0.500. The summed E-state index contributed by atoms with van der Waals surface area (Å²) < 4.78 is 11.6. The van der Waals surface area contributed by atoms with Crippen LogP contribution < -0.4 is 5.76 Å². The minimum atomic E-state index is -0.399. The van der Waals surface area contributed by atoms with Crippen LogP contribution in [0, 0.1) is 0 Å². The van der Waals surface area contributed by atoms with Crippen molar-refractivity contribution < 1.29 is 18.7 Å². The summed E-state index contributed by atoms with van der Waals surface area (Å²) in [7, 11) is 1.49. The maximum Gasteiger partial charge on any atom is 0.419 e. The van der Waals surface area contributed by atoms with Crippen LogP contribution in [0.2, 0.25) is 0 Å². The SMILES string of the molecule is COCC(=O)N1CCN(C(=O)CCCn2c(=O)oc3ccccc32)CC1. The van der Waals surface area contributed by atoms with Crippen molar-refractivity contribution >= 4 is 22.9 Å². The van der Waals surface area contributed by atoms with E-state index in [2.05, 4.69) is 0 Å². The number of piperazine rings is 1. The van der Waals surface area contributed by atoms with Gasteiger partial charge in [-0.25, -0.2) is 4.79 Å². The first-order valence-electron chi connectivity index (χ1n) is 8.73. The maximum atomic E-state index is 12.4. The summed E-state index contributed by atoms with van der Waals surface area (Å²) in [6, 6.07) is 7.25. The number of aromatic nitrogens is 1. The van der Waals surface area contributed by atoms with E-state index in [-0.39, 0.29) is 18.4 Å². The van der Waals surface area contributed by atoms with Gasteiger partial charge in [0.05, 0.1) is 5.52 Å². The number of hydrogen-bond donors (Lipinski definition) is 0. The van der Waals surface area contributed by atoms with E-state index in [4.69, 9.17) is 9.15 Å². The van der Waals surface area contributed by atoms with Crippen molar-refractivity contribution in [3.05, 3.63) is 34.8 Å². The van der Waals surface area contributed by atoms with Crippen molar-refractivity contribution in [2.24, 2.45) is 0 Å². The molecule has 26 heavy (non-hydrogen) atoms. The minimum absolute atomic E-state index is 0.0460. The van der Waals surface area contributed by atoms with Gasteiger partial charge >= 0.3 is 5.76 Å². The quantitative estimate of drug-likeness (QED) is 0.756. The fourth-order valence-electron chi connectivity index (χ4n) is 3.19. The lowest BCUT2D eigenvalue weighted by atomic mass is 10.2. The number of aryl methyl sites for hydroxylation is 1. The van der Waals surface area contributed by atoms with Crippen LogP contribution in [0.4, 0.5) is 0 Å². The molecule has 140 valence electrons. The van der Waals surface area contributed by atoms with Crippen LogP contribution in [0.1, 0.15) is 12.8 Å². The van der Waals surface area contributed by atoms with Crippen molar-refractivity contribution in [3.8, 4) is 0 Å².